The number of alkyl halides is 1. The number of nitrogens with one attached hydrogen (secondary N) is 1. The number of hydrogen-bond donors (Lipinski definition) is 2. The van der Waals surface area contributed by atoms with Crippen molar-refractivity contribution in [3.63, 3.8) is 0 Å². The van der Waals surface area contributed by atoms with E-state index < -0.39 is 17.4 Å². The number of hydrogen-bond acceptors (Lipinski definition) is 2. The molecular formula is C9H9Cl2NO2. The molecule has 0 aliphatic carbocycles. The summed E-state index contributed by atoms with van der Waals surface area (Å²) in [5.74, 6) is -1.08. The van der Waals surface area contributed by atoms with Crippen LogP contribution in [0.15, 0.2) is 30.3 Å². The molecule has 0 aliphatic rings. The van der Waals surface area contributed by atoms with Gasteiger partial charge in [0.25, 0.3) is 0 Å². The number of carbonyl (C=O) groups is 1. The van der Waals surface area contributed by atoms with E-state index in [1.165, 1.54) is 0 Å². The third kappa shape index (κ3) is 2.61. The summed E-state index contributed by atoms with van der Waals surface area (Å²) in [4.78, 5) is 12.9. The predicted octanol–water partition coefficient (Wildman–Crippen LogP) is 2.16. The molecule has 3 nitrogen and oxygen atoms in total. The average molecular weight is 234 g/mol. The van der Waals surface area contributed by atoms with Crippen molar-refractivity contribution in [2.24, 2.45) is 0 Å². The van der Waals surface area contributed by atoms with Crippen molar-refractivity contribution in [1.29, 1.82) is 0 Å². The molecule has 2 N–H and O–H groups in total. The van der Waals surface area contributed by atoms with E-state index in [4.69, 9.17) is 28.5 Å². The number of carboxylic acid groups (broad SMARTS) is 1. The quantitative estimate of drug-likeness (QED) is 0.620. The third-order valence-corrected chi connectivity index (χ3v) is 2.53. The molecule has 76 valence electrons. The summed E-state index contributed by atoms with van der Waals surface area (Å²) in [5.41, 5.74) is 0.717. The second-order valence-corrected chi connectivity index (χ2v) is 3.43. The van der Waals surface area contributed by atoms with Gasteiger partial charge >= 0.3 is 5.97 Å². The Hall–Kier alpha value is -0.770. The van der Waals surface area contributed by atoms with Gasteiger partial charge in [-0.2, -0.15) is 0 Å². The zero-order valence-electron chi connectivity index (χ0n) is 7.15. The van der Waals surface area contributed by atoms with E-state index >= 15 is 0 Å². The van der Waals surface area contributed by atoms with Crippen LogP contribution in [0.4, 0.5) is 0 Å². The van der Waals surface area contributed by atoms with E-state index in [0.717, 1.165) is 5.56 Å². The van der Waals surface area contributed by atoms with Crippen LogP contribution in [0, 0.1) is 0 Å². The topological polar surface area (TPSA) is 49.3 Å². The highest BCUT2D eigenvalue weighted by Crippen LogP contribution is 2.24. The Morgan fingerprint density at radius 3 is 2.36 bits per heavy atom. The van der Waals surface area contributed by atoms with Crippen molar-refractivity contribution < 1.29 is 9.90 Å². The Kier molecular flexibility index (Phi) is 4.20. The van der Waals surface area contributed by atoms with E-state index in [9.17, 15) is 4.79 Å². The van der Waals surface area contributed by atoms with Crippen LogP contribution in [-0.2, 0) is 4.79 Å². The first-order valence-electron chi connectivity index (χ1n) is 3.94. The molecule has 0 bridgehead atoms. The normalized spacial score (nSPS) is 14.7. The fraction of sp³-hybridized carbons (Fsp3) is 0.222. The van der Waals surface area contributed by atoms with Crippen LogP contribution in [0.3, 0.4) is 0 Å². The molecule has 0 aromatic heterocycles. The molecule has 0 fully saturated rings. The van der Waals surface area contributed by atoms with Gasteiger partial charge in [-0.1, -0.05) is 30.3 Å². The first-order valence-corrected chi connectivity index (χ1v) is 4.76. The predicted molar refractivity (Wildman–Crippen MR) is 55.4 cm³/mol. The van der Waals surface area contributed by atoms with Crippen molar-refractivity contribution in [3.8, 4) is 0 Å². The van der Waals surface area contributed by atoms with Gasteiger partial charge in [-0.3, -0.25) is 4.79 Å². The molecule has 1 aromatic carbocycles. The minimum atomic E-state index is -1.08. The third-order valence-electron chi connectivity index (χ3n) is 1.79. The average Bonchev–Trinajstić information content (AvgIpc) is 2.19. The zero-order chi connectivity index (χ0) is 10.6. The van der Waals surface area contributed by atoms with Crippen LogP contribution < -0.4 is 4.84 Å². The summed E-state index contributed by atoms with van der Waals surface area (Å²) >= 11 is 11.2. The maximum atomic E-state index is 10.7. The maximum Gasteiger partial charge on any atom is 0.323 e. The lowest BCUT2D eigenvalue weighted by Gasteiger charge is -2.16. The second-order valence-electron chi connectivity index (χ2n) is 2.74. The second kappa shape index (κ2) is 5.20. The molecule has 1 unspecified atom stereocenters. The molecule has 1 rings (SSSR count). The van der Waals surface area contributed by atoms with Crippen LogP contribution in [0.1, 0.15) is 10.9 Å². The Balaban J connectivity index is 2.83. The van der Waals surface area contributed by atoms with Gasteiger partial charge in [0.2, 0.25) is 0 Å². The number of benzene rings is 1. The summed E-state index contributed by atoms with van der Waals surface area (Å²) in [6.45, 7) is 0. The lowest BCUT2D eigenvalue weighted by molar-refractivity contribution is -0.139. The van der Waals surface area contributed by atoms with Crippen LogP contribution in [0.25, 0.3) is 0 Å². The van der Waals surface area contributed by atoms with E-state index in [1.807, 2.05) is 6.07 Å². The van der Waals surface area contributed by atoms with E-state index in [1.54, 1.807) is 24.3 Å². The molecule has 0 radical (unpaired) electrons. The highest BCUT2D eigenvalue weighted by molar-refractivity contribution is 6.24. The fourth-order valence-electron chi connectivity index (χ4n) is 1.06. The molecule has 0 heterocycles. The molecule has 0 saturated heterocycles. The summed E-state index contributed by atoms with van der Waals surface area (Å²) in [5, 5.41) is 8.08. The minimum absolute atomic E-state index is 0.689. The Bertz CT molecular complexity index is 305. The zero-order valence-corrected chi connectivity index (χ0v) is 8.66. The molecule has 14 heavy (non-hydrogen) atoms. The first kappa shape index (κ1) is 11.3. The van der Waals surface area contributed by atoms with Crippen LogP contribution in [0.5, 0.6) is 0 Å². The monoisotopic (exact) mass is 233 g/mol. The standard InChI is InChI=1S/C9H9Cl2NO2/c10-7(8(12-11)9(13)14)6-4-2-1-3-5-6/h1-5,7-8,12H,(H,13,14)/t7?,8-/m0/s1. The van der Waals surface area contributed by atoms with E-state index in [2.05, 4.69) is 4.84 Å². The Morgan fingerprint density at radius 1 is 1.36 bits per heavy atom. The molecule has 0 spiro atoms. The van der Waals surface area contributed by atoms with E-state index in [0.29, 0.717) is 0 Å². The number of halogens is 2. The number of aliphatic carboxylic acids is 1. The van der Waals surface area contributed by atoms with Gasteiger partial charge in [0.1, 0.15) is 6.04 Å². The lowest BCUT2D eigenvalue weighted by atomic mass is 10.1. The summed E-state index contributed by atoms with van der Waals surface area (Å²) in [6, 6.07) is 7.91. The van der Waals surface area contributed by atoms with Crippen molar-refractivity contribution in [2.75, 3.05) is 0 Å². The molecule has 0 aliphatic heterocycles. The molecule has 0 saturated carbocycles. The van der Waals surface area contributed by atoms with Crippen molar-refractivity contribution >= 4 is 29.3 Å². The smallest absolute Gasteiger partial charge is 0.323 e. The highest BCUT2D eigenvalue weighted by atomic mass is 35.5. The number of rotatable bonds is 4. The van der Waals surface area contributed by atoms with E-state index in [-0.39, 0.29) is 0 Å². The summed E-state index contributed by atoms with van der Waals surface area (Å²) < 4.78 is 0. The molecule has 0 amide bonds. The van der Waals surface area contributed by atoms with Crippen molar-refractivity contribution in [2.45, 2.75) is 11.4 Å². The Morgan fingerprint density at radius 2 is 1.93 bits per heavy atom. The fourth-order valence-corrected chi connectivity index (χ4v) is 1.66. The van der Waals surface area contributed by atoms with Crippen LogP contribution in [0.2, 0.25) is 0 Å². The molecule has 5 heteroatoms. The van der Waals surface area contributed by atoms with Gasteiger partial charge in [0, 0.05) is 0 Å². The SMILES string of the molecule is O=C(O)[C@@H](NCl)C(Cl)c1ccccc1. The minimum Gasteiger partial charge on any atom is -0.480 e. The van der Waals surface area contributed by atoms with Gasteiger partial charge < -0.3 is 5.11 Å². The van der Waals surface area contributed by atoms with Gasteiger partial charge in [0.15, 0.2) is 0 Å². The van der Waals surface area contributed by atoms with Gasteiger partial charge in [-0.15, -0.1) is 11.6 Å². The summed E-state index contributed by atoms with van der Waals surface area (Å²) in [6.07, 6.45) is 0. The Labute approximate surface area is 91.8 Å². The summed E-state index contributed by atoms with van der Waals surface area (Å²) in [7, 11) is 0. The van der Waals surface area contributed by atoms with Gasteiger partial charge in [-0.05, 0) is 17.3 Å². The molecule has 2 atom stereocenters. The van der Waals surface area contributed by atoms with Crippen LogP contribution >= 0.6 is 23.4 Å². The van der Waals surface area contributed by atoms with Gasteiger partial charge in [-0.25, -0.2) is 4.84 Å². The largest absolute Gasteiger partial charge is 0.480 e. The first-order chi connectivity index (χ1) is 6.66. The van der Waals surface area contributed by atoms with Gasteiger partial charge in [0.05, 0.1) is 5.38 Å². The van der Waals surface area contributed by atoms with Crippen molar-refractivity contribution in [3.05, 3.63) is 35.9 Å². The van der Waals surface area contributed by atoms with Crippen LogP contribution in [-0.4, -0.2) is 17.1 Å². The molecule has 1 aromatic rings. The van der Waals surface area contributed by atoms with Crippen molar-refractivity contribution in [1.82, 2.24) is 4.84 Å². The maximum absolute atomic E-state index is 10.7. The lowest BCUT2D eigenvalue weighted by Crippen LogP contribution is -2.34. The number of carboxylic acids is 1. The highest BCUT2D eigenvalue weighted by Gasteiger charge is 2.26. The molecular weight excluding hydrogens is 225 g/mol.